The predicted octanol–water partition coefficient (Wildman–Crippen LogP) is 9.58. The Kier molecular flexibility index (Phi) is 8.35. The number of rotatable bonds is 10. The van der Waals surface area contributed by atoms with Crippen LogP contribution in [0.1, 0.15) is 43.4 Å². The summed E-state index contributed by atoms with van der Waals surface area (Å²) < 4.78 is 82.8. The van der Waals surface area contributed by atoms with Gasteiger partial charge in [0.05, 0.1) is 17.7 Å². The molecule has 0 amide bonds. The van der Waals surface area contributed by atoms with Crippen molar-refractivity contribution < 1.29 is 31.4 Å². The zero-order valence-electron chi connectivity index (χ0n) is 21.0. The molecule has 4 aromatic carbocycles. The third kappa shape index (κ3) is 5.98. The van der Waals surface area contributed by atoms with Crippen molar-refractivity contribution >= 4 is 0 Å². The highest BCUT2D eigenvalue weighted by Gasteiger charge is 2.36. The van der Waals surface area contributed by atoms with Crippen LogP contribution in [0.3, 0.4) is 0 Å². The molecule has 0 atom stereocenters. The third-order valence-corrected chi connectivity index (χ3v) is 6.12. The summed E-state index contributed by atoms with van der Waals surface area (Å²) in [6.07, 6.45) is -5.23. The zero-order valence-corrected chi connectivity index (χ0v) is 21.0. The fourth-order valence-corrected chi connectivity index (χ4v) is 4.22. The molecule has 0 radical (unpaired) electrons. The lowest BCUT2D eigenvalue weighted by molar-refractivity contribution is -0.187. The van der Waals surface area contributed by atoms with Crippen molar-refractivity contribution in [2.45, 2.75) is 39.2 Å². The van der Waals surface area contributed by atoms with Crippen molar-refractivity contribution in [3.63, 3.8) is 0 Å². The Balaban J connectivity index is 1.58. The minimum atomic E-state index is -3.95. The van der Waals surface area contributed by atoms with Crippen molar-refractivity contribution in [3.05, 3.63) is 107 Å². The number of hydrogen-bond acceptors (Lipinski definition) is 2. The van der Waals surface area contributed by atoms with Gasteiger partial charge in [0.1, 0.15) is 5.75 Å². The quantitative estimate of drug-likeness (QED) is 0.192. The molecule has 0 heterocycles. The van der Waals surface area contributed by atoms with E-state index in [4.69, 9.17) is 4.74 Å². The van der Waals surface area contributed by atoms with Gasteiger partial charge in [0.15, 0.2) is 11.6 Å². The zero-order chi connectivity index (χ0) is 27.3. The summed E-state index contributed by atoms with van der Waals surface area (Å²) in [4.78, 5) is 0. The SMILES string of the molecule is CCCc1ccc(-c2ccc(C(F)(F)Oc3ccc(-c4ccc(OCC)cc4)c(C(F)F)c3F)cc2)cc1. The summed E-state index contributed by atoms with van der Waals surface area (Å²) >= 11 is 0. The van der Waals surface area contributed by atoms with Crippen LogP contribution in [0.5, 0.6) is 11.5 Å². The molecule has 198 valence electrons. The van der Waals surface area contributed by atoms with Crippen LogP contribution in [0.2, 0.25) is 0 Å². The van der Waals surface area contributed by atoms with Crippen LogP contribution in [0.4, 0.5) is 22.0 Å². The topological polar surface area (TPSA) is 18.5 Å². The Bertz CT molecular complexity index is 1350. The monoisotopic (exact) mass is 526 g/mol. The molecule has 2 nitrogen and oxygen atoms in total. The van der Waals surface area contributed by atoms with Crippen LogP contribution in [0.15, 0.2) is 84.9 Å². The molecule has 4 aromatic rings. The Morgan fingerprint density at radius 3 is 1.87 bits per heavy atom. The van der Waals surface area contributed by atoms with Gasteiger partial charge in [0, 0.05) is 0 Å². The van der Waals surface area contributed by atoms with Gasteiger partial charge in [0.2, 0.25) is 0 Å². The van der Waals surface area contributed by atoms with E-state index in [0.29, 0.717) is 17.9 Å². The maximum Gasteiger partial charge on any atom is 0.426 e. The van der Waals surface area contributed by atoms with Crippen LogP contribution in [0.25, 0.3) is 22.3 Å². The molecule has 0 aromatic heterocycles. The van der Waals surface area contributed by atoms with Gasteiger partial charge in [-0.05, 0) is 77.6 Å². The average Bonchev–Trinajstić information content (AvgIpc) is 2.91. The Morgan fingerprint density at radius 1 is 0.737 bits per heavy atom. The molecule has 0 spiro atoms. The first-order chi connectivity index (χ1) is 18.2. The maximum absolute atomic E-state index is 15.1. The van der Waals surface area contributed by atoms with Gasteiger partial charge in [-0.15, -0.1) is 0 Å². The first-order valence-corrected chi connectivity index (χ1v) is 12.3. The molecule has 0 bridgehead atoms. The smallest absolute Gasteiger partial charge is 0.426 e. The van der Waals surface area contributed by atoms with Crippen molar-refractivity contribution in [1.82, 2.24) is 0 Å². The third-order valence-electron chi connectivity index (χ3n) is 6.12. The van der Waals surface area contributed by atoms with Gasteiger partial charge < -0.3 is 9.47 Å². The largest absolute Gasteiger partial charge is 0.494 e. The van der Waals surface area contributed by atoms with Crippen LogP contribution in [0, 0.1) is 5.82 Å². The second-order valence-electron chi connectivity index (χ2n) is 8.74. The Morgan fingerprint density at radius 2 is 1.32 bits per heavy atom. The number of benzene rings is 4. The highest BCUT2D eigenvalue weighted by Crippen LogP contribution is 2.41. The Labute approximate surface area is 218 Å². The first-order valence-electron chi connectivity index (χ1n) is 12.3. The van der Waals surface area contributed by atoms with Crippen molar-refractivity contribution in [2.24, 2.45) is 0 Å². The van der Waals surface area contributed by atoms with Gasteiger partial charge in [-0.2, -0.15) is 8.78 Å². The molecular formula is C31H27F5O2. The molecule has 0 aliphatic carbocycles. The second-order valence-corrected chi connectivity index (χ2v) is 8.74. The first kappa shape index (κ1) is 27.2. The highest BCUT2D eigenvalue weighted by molar-refractivity contribution is 5.70. The molecule has 0 saturated carbocycles. The van der Waals surface area contributed by atoms with E-state index in [-0.39, 0.29) is 5.56 Å². The van der Waals surface area contributed by atoms with Crippen molar-refractivity contribution in [2.75, 3.05) is 6.61 Å². The Hall–Kier alpha value is -3.87. The minimum Gasteiger partial charge on any atom is -0.494 e. The van der Waals surface area contributed by atoms with E-state index >= 15 is 4.39 Å². The van der Waals surface area contributed by atoms with Gasteiger partial charge in [-0.3, -0.25) is 0 Å². The lowest BCUT2D eigenvalue weighted by atomic mass is 9.98. The summed E-state index contributed by atoms with van der Waals surface area (Å²) in [6.45, 7) is 4.31. The number of ether oxygens (including phenoxy) is 2. The van der Waals surface area contributed by atoms with Gasteiger partial charge in [-0.1, -0.05) is 61.9 Å². The van der Waals surface area contributed by atoms with Crippen LogP contribution < -0.4 is 9.47 Å². The molecule has 0 saturated heterocycles. The summed E-state index contributed by atoms with van der Waals surface area (Å²) in [5.74, 6) is -1.97. The minimum absolute atomic E-state index is 0.120. The molecule has 0 aliphatic rings. The lowest BCUT2D eigenvalue weighted by Crippen LogP contribution is -2.22. The van der Waals surface area contributed by atoms with Gasteiger partial charge in [0.25, 0.3) is 6.43 Å². The molecule has 0 unspecified atom stereocenters. The maximum atomic E-state index is 15.1. The van der Waals surface area contributed by atoms with E-state index < -0.39 is 35.2 Å². The number of hydrogen-bond donors (Lipinski definition) is 0. The molecule has 7 heteroatoms. The number of halogens is 5. The molecular weight excluding hydrogens is 499 g/mol. The number of aryl methyl sites for hydroxylation is 1. The van der Waals surface area contributed by atoms with E-state index in [0.717, 1.165) is 36.1 Å². The molecule has 0 fully saturated rings. The molecule has 0 N–H and O–H groups in total. The van der Waals surface area contributed by atoms with Crippen LogP contribution in [-0.2, 0) is 12.5 Å². The van der Waals surface area contributed by atoms with Crippen LogP contribution >= 0.6 is 0 Å². The lowest BCUT2D eigenvalue weighted by Gasteiger charge is -2.21. The summed E-state index contributed by atoms with van der Waals surface area (Å²) in [5.41, 5.74) is 1.40. The van der Waals surface area contributed by atoms with E-state index in [9.17, 15) is 17.6 Å². The van der Waals surface area contributed by atoms with Gasteiger partial charge >= 0.3 is 6.11 Å². The predicted molar refractivity (Wildman–Crippen MR) is 138 cm³/mol. The summed E-state index contributed by atoms with van der Waals surface area (Å²) in [5, 5.41) is 0. The second kappa shape index (κ2) is 11.7. The summed E-state index contributed by atoms with van der Waals surface area (Å²) in [6, 6.07) is 21.4. The van der Waals surface area contributed by atoms with Gasteiger partial charge in [-0.25, -0.2) is 13.2 Å². The number of alkyl halides is 4. The van der Waals surface area contributed by atoms with E-state index in [1.165, 1.54) is 42.0 Å². The van der Waals surface area contributed by atoms with Crippen LogP contribution in [-0.4, -0.2) is 6.61 Å². The fourth-order valence-electron chi connectivity index (χ4n) is 4.22. The van der Waals surface area contributed by atoms with Crippen molar-refractivity contribution in [1.29, 1.82) is 0 Å². The molecule has 0 aliphatic heterocycles. The fraction of sp³-hybridized carbons (Fsp3) is 0.226. The normalized spacial score (nSPS) is 11.6. The van der Waals surface area contributed by atoms with E-state index in [2.05, 4.69) is 11.7 Å². The van der Waals surface area contributed by atoms with E-state index in [1.54, 1.807) is 19.1 Å². The standard InChI is InChI=1S/C31H27F5O2/c1-3-5-20-6-8-21(9-7-20)22-10-14-24(15-11-22)31(35,36)38-27-19-18-26(28(29(27)32)30(33)34)23-12-16-25(17-13-23)37-4-2/h6-19,30H,3-5H2,1-2H3. The molecule has 4 rings (SSSR count). The van der Waals surface area contributed by atoms with Crippen molar-refractivity contribution in [3.8, 4) is 33.8 Å². The summed E-state index contributed by atoms with van der Waals surface area (Å²) in [7, 11) is 0. The average molecular weight is 527 g/mol. The van der Waals surface area contributed by atoms with E-state index in [1.807, 2.05) is 24.3 Å². The highest BCUT2D eigenvalue weighted by atomic mass is 19.3. The molecule has 38 heavy (non-hydrogen) atoms.